The van der Waals surface area contributed by atoms with Crippen LogP contribution in [0.1, 0.15) is 47.6 Å². The van der Waals surface area contributed by atoms with E-state index in [2.05, 4.69) is 30.0 Å². The molecule has 2 bridgehead atoms. The number of benzene rings is 3. The van der Waals surface area contributed by atoms with E-state index in [1.165, 1.54) is 28.8 Å². The van der Waals surface area contributed by atoms with Crippen molar-refractivity contribution in [1.82, 2.24) is 4.90 Å². The van der Waals surface area contributed by atoms with E-state index in [0.717, 1.165) is 42.1 Å². The van der Waals surface area contributed by atoms with E-state index < -0.39 is 11.7 Å². The van der Waals surface area contributed by atoms with Gasteiger partial charge in [0.1, 0.15) is 0 Å². The van der Waals surface area contributed by atoms with Crippen LogP contribution in [0.4, 0.5) is 13.2 Å². The zero-order valence-electron chi connectivity index (χ0n) is 18.2. The van der Waals surface area contributed by atoms with E-state index >= 15 is 0 Å². The van der Waals surface area contributed by atoms with Gasteiger partial charge in [-0.2, -0.15) is 13.2 Å². The van der Waals surface area contributed by atoms with Gasteiger partial charge in [-0.1, -0.05) is 43.3 Å². The summed E-state index contributed by atoms with van der Waals surface area (Å²) in [6.07, 6.45) is -3.25. The highest BCUT2D eigenvalue weighted by molar-refractivity contribution is 5.71. The first-order chi connectivity index (χ1) is 15.9. The summed E-state index contributed by atoms with van der Waals surface area (Å²) >= 11 is 0. The van der Waals surface area contributed by atoms with E-state index in [-0.39, 0.29) is 12.8 Å². The molecule has 3 aliphatic rings. The van der Waals surface area contributed by atoms with Crippen molar-refractivity contribution >= 4 is 0 Å². The molecule has 0 saturated carbocycles. The predicted octanol–water partition coefficient (Wildman–Crippen LogP) is 6.78. The number of hydrogen-bond donors (Lipinski definition) is 0. The molecule has 3 aromatic carbocycles. The van der Waals surface area contributed by atoms with E-state index in [1.54, 1.807) is 12.1 Å². The number of fused-ring (bicyclic) bond motifs is 6. The van der Waals surface area contributed by atoms with Gasteiger partial charge in [-0.15, -0.1) is 0 Å². The maximum atomic E-state index is 13.1. The summed E-state index contributed by atoms with van der Waals surface area (Å²) in [5.74, 6) is 2.49. The molecule has 0 spiro atoms. The van der Waals surface area contributed by atoms with Crippen LogP contribution in [-0.2, 0) is 12.7 Å². The molecule has 1 fully saturated rings. The number of ether oxygens (including phenoxy) is 2. The molecule has 6 heteroatoms. The van der Waals surface area contributed by atoms with Gasteiger partial charge in [0.05, 0.1) is 5.56 Å². The highest BCUT2D eigenvalue weighted by Crippen LogP contribution is 2.56. The van der Waals surface area contributed by atoms with Crippen LogP contribution in [0.15, 0.2) is 60.7 Å². The zero-order valence-corrected chi connectivity index (χ0v) is 18.2. The first-order valence-electron chi connectivity index (χ1n) is 11.3. The topological polar surface area (TPSA) is 21.7 Å². The molecule has 0 aromatic heterocycles. The number of likely N-dealkylation sites (tertiary alicyclic amines) is 1. The Bertz CT molecular complexity index is 1200. The molecule has 170 valence electrons. The summed E-state index contributed by atoms with van der Waals surface area (Å²) in [5.41, 5.74) is 5.05. The van der Waals surface area contributed by atoms with Crippen LogP contribution in [0, 0.1) is 5.92 Å². The van der Waals surface area contributed by atoms with Crippen LogP contribution in [0.25, 0.3) is 11.1 Å². The standard InChI is InChI=1S/C27H24F3NO2/c1-16-20-11-12-31(14-17-5-10-23-24(13-17)33-15-32-23)26(16)25-21(3-2-4-22(20)25)18-6-8-19(9-7-18)27(28,29)30/h2-10,13,16,20,26H,11-12,14-15H2,1H3/t16-,20?,26?/m0/s1. The van der Waals surface area contributed by atoms with Crippen LogP contribution < -0.4 is 9.47 Å². The lowest BCUT2D eigenvalue weighted by atomic mass is 9.85. The van der Waals surface area contributed by atoms with Gasteiger partial charge in [0, 0.05) is 12.6 Å². The summed E-state index contributed by atoms with van der Waals surface area (Å²) in [6.45, 7) is 4.33. The highest BCUT2D eigenvalue weighted by Gasteiger charge is 2.45. The van der Waals surface area contributed by atoms with Crippen molar-refractivity contribution in [3.8, 4) is 22.6 Å². The Morgan fingerprint density at radius 2 is 1.76 bits per heavy atom. The van der Waals surface area contributed by atoms with E-state index in [0.29, 0.717) is 11.8 Å². The zero-order chi connectivity index (χ0) is 22.7. The number of piperidine rings is 1. The Balaban J connectivity index is 1.37. The van der Waals surface area contributed by atoms with Crippen molar-refractivity contribution in [1.29, 1.82) is 0 Å². The Morgan fingerprint density at radius 1 is 0.970 bits per heavy atom. The van der Waals surface area contributed by atoms with Crippen molar-refractivity contribution in [3.05, 3.63) is 82.9 Å². The van der Waals surface area contributed by atoms with Crippen LogP contribution in [-0.4, -0.2) is 18.2 Å². The predicted molar refractivity (Wildman–Crippen MR) is 119 cm³/mol. The third kappa shape index (κ3) is 3.39. The summed E-state index contributed by atoms with van der Waals surface area (Å²) in [5, 5.41) is 0. The largest absolute Gasteiger partial charge is 0.454 e. The summed E-state index contributed by atoms with van der Waals surface area (Å²) in [7, 11) is 0. The molecule has 3 aromatic rings. The minimum absolute atomic E-state index is 0.225. The van der Waals surface area contributed by atoms with Crippen LogP contribution in [0.5, 0.6) is 11.5 Å². The second-order valence-corrected chi connectivity index (χ2v) is 9.24. The molecule has 2 unspecified atom stereocenters. The second-order valence-electron chi connectivity index (χ2n) is 9.24. The van der Waals surface area contributed by atoms with Crippen LogP contribution >= 0.6 is 0 Å². The van der Waals surface area contributed by atoms with Crippen molar-refractivity contribution in [2.24, 2.45) is 5.92 Å². The molecule has 0 radical (unpaired) electrons. The molecule has 33 heavy (non-hydrogen) atoms. The smallest absolute Gasteiger partial charge is 0.416 e. The molecule has 0 amide bonds. The van der Waals surface area contributed by atoms with Gasteiger partial charge >= 0.3 is 6.18 Å². The van der Waals surface area contributed by atoms with E-state index in [9.17, 15) is 13.2 Å². The number of halogens is 3. The molecule has 0 N–H and O–H groups in total. The molecule has 2 heterocycles. The average molecular weight is 451 g/mol. The quantitative estimate of drug-likeness (QED) is 0.438. The number of hydrogen-bond acceptors (Lipinski definition) is 3. The lowest BCUT2D eigenvalue weighted by Crippen LogP contribution is -2.36. The van der Waals surface area contributed by atoms with Crippen LogP contribution in [0.2, 0.25) is 0 Å². The Labute approximate surface area is 190 Å². The minimum Gasteiger partial charge on any atom is -0.454 e. The number of alkyl halides is 3. The fourth-order valence-corrected chi connectivity index (χ4v) is 5.92. The van der Waals surface area contributed by atoms with Gasteiger partial charge in [0.2, 0.25) is 6.79 Å². The summed E-state index contributed by atoms with van der Waals surface area (Å²) in [4.78, 5) is 2.51. The fraction of sp³-hybridized carbons (Fsp3) is 0.333. The van der Waals surface area contributed by atoms with Gasteiger partial charge in [-0.05, 0) is 76.9 Å². The van der Waals surface area contributed by atoms with Crippen molar-refractivity contribution < 1.29 is 22.6 Å². The van der Waals surface area contributed by atoms with Gasteiger partial charge in [0.25, 0.3) is 0 Å². The first kappa shape index (κ1) is 20.6. The normalized spacial score (nSPS) is 23.6. The SMILES string of the molecule is C[C@H]1C2CCN(Cc3ccc4c(c3)OCO4)C1c1c(-c3ccc(C(F)(F)F)cc3)cccc12. The summed E-state index contributed by atoms with van der Waals surface area (Å²) in [6, 6.07) is 18.2. The van der Waals surface area contributed by atoms with Gasteiger partial charge in [0.15, 0.2) is 11.5 Å². The maximum Gasteiger partial charge on any atom is 0.416 e. The van der Waals surface area contributed by atoms with Crippen molar-refractivity contribution in [2.75, 3.05) is 13.3 Å². The maximum absolute atomic E-state index is 13.1. The first-order valence-corrected chi connectivity index (χ1v) is 11.3. The second kappa shape index (κ2) is 7.52. The highest BCUT2D eigenvalue weighted by atomic mass is 19.4. The molecular formula is C27H24F3NO2. The van der Waals surface area contributed by atoms with Gasteiger partial charge < -0.3 is 9.47 Å². The third-order valence-corrected chi connectivity index (χ3v) is 7.43. The molecule has 3 nitrogen and oxygen atoms in total. The van der Waals surface area contributed by atoms with E-state index in [4.69, 9.17) is 9.47 Å². The fourth-order valence-electron chi connectivity index (χ4n) is 5.92. The third-order valence-electron chi connectivity index (χ3n) is 7.43. The van der Waals surface area contributed by atoms with Gasteiger partial charge in [-0.3, -0.25) is 4.90 Å². The Morgan fingerprint density at radius 3 is 2.55 bits per heavy atom. The molecule has 1 saturated heterocycles. The molecule has 1 aliphatic carbocycles. The molecule has 6 rings (SSSR count). The Kier molecular flexibility index (Phi) is 4.70. The average Bonchev–Trinajstić information content (AvgIpc) is 3.33. The van der Waals surface area contributed by atoms with E-state index in [1.807, 2.05) is 18.2 Å². The lowest BCUT2D eigenvalue weighted by molar-refractivity contribution is -0.137. The van der Waals surface area contributed by atoms with Gasteiger partial charge in [-0.25, -0.2) is 0 Å². The van der Waals surface area contributed by atoms with Crippen molar-refractivity contribution in [2.45, 2.75) is 38.0 Å². The van der Waals surface area contributed by atoms with Crippen molar-refractivity contribution in [3.63, 3.8) is 0 Å². The Hall–Kier alpha value is -2.99. The lowest BCUT2D eigenvalue weighted by Gasteiger charge is -2.39. The molecule has 2 aliphatic heterocycles. The number of rotatable bonds is 3. The summed E-state index contributed by atoms with van der Waals surface area (Å²) < 4.78 is 50.3. The monoisotopic (exact) mass is 451 g/mol. The number of nitrogens with zero attached hydrogens (tertiary/aromatic N) is 1. The molecular weight excluding hydrogens is 427 g/mol. The minimum atomic E-state index is -4.33. The molecule has 3 atom stereocenters. The van der Waals surface area contributed by atoms with Crippen LogP contribution in [0.3, 0.4) is 0 Å².